The molecule has 1 N–H and O–H groups in total. The third-order valence-electron chi connectivity index (χ3n) is 3.62. The van der Waals surface area contributed by atoms with Crippen molar-refractivity contribution in [2.45, 2.75) is 13.0 Å². The summed E-state index contributed by atoms with van der Waals surface area (Å²) in [6.45, 7) is 1.93. The molecule has 0 fully saturated rings. The van der Waals surface area contributed by atoms with Crippen molar-refractivity contribution in [2.24, 2.45) is 10.2 Å². The first-order valence-electron chi connectivity index (χ1n) is 7.58. The summed E-state index contributed by atoms with van der Waals surface area (Å²) in [5, 5.41) is 17.9. The van der Waals surface area contributed by atoms with Crippen molar-refractivity contribution in [3.8, 4) is 5.13 Å². The zero-order valence-corrected chi connectivity index (χ0v) is 14.8. The van der Waals surface area contributed by atoms with Crippen LogP contribution in [0.2, 0.25) is 0 Å². The van der Waals surface area contributed by atoms with Crippen LogP contribution >= 0.6 is 23.6 Å². The number of aromatic amines is 1. The van der Waals surface area contributed by atoms with E-state index in [-0.39, 0.29) is 6.04 Å². The second-order valence-corrected chi connectivity index (χ2v) is 6.62. The minimum Gasteiger partial charge on any atom is -0.330 e. The number of para-hydroxylation sites is 2. The van der Waals surface area contributed by atoms with Crippen molar-refractivity contribution in [1.82, 2.24) is 24.7 Å². The first-order valence-corrected chi connectivity index (χ1v) is 8.80. The number of nitrogens with zero attached hydrogens (tertiary/aromatic N) is 6. The summed E-state index contributed by atoms with van der Waals surface area (Å²) in [6.07, 6.45) is 1.74. The van der Waals surface area contributed by atoms with Crippen LogP contribution in [0.25, 0.3) is 16.2 Å². The molecule has 1 unspecified atom stereocenters. The lowest BCUT2D eigenvalue weighted by Gasteiger charge is -2.01. The maximum absolute atomic E-state index is 5.40. The summed E-state index contributed by atoms with van der Waals surface area (Å²) in [5.41, 5.74) is 2.76. The Balaban J connectivity index is 1.63. The number of pyridine rings is 1. The zero-order chi connectivity index (χ0) is 17.2. The molecule has 0 aliphatic carbocycles. The van der Waals surface area contributed by atoms with E-state index in [0.29, 0.717) is 15.0 Å². The van der Waals surface area contributed by atoms with Gasteiger partial charge in [0.05, 0.1) is 16.7 Å². The highest BCUT2D eigenvalue weighted by atomic mass is 32.1. The summed E-state index contributed by atoms with van der Waals surface area (Å²) in [7, 11) is 0. The van der Waals surface area contributed by atoms with Gasteiger partial charge >= 0.3 is 0 Å². The Bertz CT molecular complexity index is 1090. The second-order valence-electron chi connectivity index (χ2n) is 5.30. The van der Waals surface area contributed by atoms with Crippen LogP contribution in [0.4, 0.5) is 5.13 Å². The van der Waals surface area contributed by atoms with E-state index in [2.05, 4.69) is 30.4 Å². The van der Waals surface area contributed by atoms with Crippen LogP contribution in [-0.4, -0.2) is 24.7 Å². The average Bonchev–Trinajstić information content (AvgIpc) is 3.23. The number of aromatic nitrogens is 5. The fourth-order valence-electron chi connectivity index (χ4n) is 2.40. The van der Waals surface area contributed by atoms with Gasteiger partial charge in [0.25, 0.3) is 5.13 Å². The minimum atomic E-state index is -0.149. The van der Waals surface area contributed by atoms with Gasteiger partial charge in [0.15, 0.2) is 4.77 Å². The molecule has 0 bridgehead atoms. The molecule has 0 spiro atoms. The summed E-state index contributed by atoms with van der Waals surface area (Å²) in [6, 6.07) is 13.4. The Morgan fingerprint density at radius 1 is 1.16 bits per heavy atom. The summed E-state index contributed by atoms with van der Waals surface area (Å²) < 4.78 is 2.42. The summed E-state index contributed by atoms with van der Waals surface area (Å²) in [4.78, 5) is 7.44. The van der Waals surface area contributed by atoms with Crippen LogP contribution in [0, 0.1) is 4.77 Å². The Morgan fingerprint density at radius 3 is 2.84 bits per heavy atom. The van der Waals surface area contributed by atoms with E-state index in [1.54, 1.807) is 6.20 Å². The third kappa shape index (κ3) is 3.11. The molecule has 0 aliphatic rings. The van der Waals surface area contributed by atoms with Crippen molar-refractivity contribution in [2.75, 3.05) is 0 Å². The van der Waals surface area contributed by atoms with Gasteiger partial charge in [0.2, 0.25) is 5.13 Å². The smallest absolute Gasteiger partial charge is 0.253 e. The maximum atomic E-state index is 5.40. The topological polar surface area (TPSA) is 84.1 Å². The summed E-state index contributed by atoms with van der Waals surface area (Å²) in [5.74, 6) is 0. The highest BCUT2D eigenvalue weighted by molar-refractivity contribution is 7.71. The fourth-order valence-corrected chi connectivity index (χ4v) is 3.45. The number of fused-ring (bicyclic) bond motifs is 1. The molecule has 4 aromatic rings. The van der Waals surface area contributed by atoms with Crippen molar-refractivity contribution < 1.29 is 0 Å². The van der Waals surface area contributed by atoms with Crippen LogP contribution in [0.5, 0.6) is 0 Å². The zero-order valence-electron chi connectivity index (χ0n) is 13.2. The van der Waals surface area contributed by atoms with E-state index < -0.39 is 0 Å². The van der Waals surface area contributed by atoms with E-state index in [1.807, 2.05) is 54.0 Å². The lowest BCUT2D eigenvalue weighted by molar-refractivity contribution is 0.733. The van der Waals surface area contributed by atoms with E-state index in [9.17, 15) is 0 Å². The van der Waals surface area contributed by atoms with Gasteiger partial charge in [-0.25, -0.2) is 0 Å². The van der Waals surface area contributed by atoms with Crippen molar-refractivity contribution >= 4 is 39.7 Å². The largest absolute Gasteiger partial charge is 0.330 e. The van der Waals surface area contributed by atoms with Crippen molar-refractivity contribution in [3.63, 3.8) is 0 Å². The van der Waals surface area contributed by atoms with Gasteiger partial charge in [-0.2, -0.15) is 5.11 Å². The molecular formula is C16H13N7S2. The number of H-pyrrole nitrogens is 1. The SMILES string of the molecule is CC(N=Nc1nnc(-n2c(=S)[nH]c3ccccc32)s1)c1ccccn1. The van der Waals surface area contributed by atoms with Gasteiger partial charge in [-0.15, -0.1) is 15.3 Å². The molecule has 4 rings (SSSR count). The van der Waals surface area contributed by atoms with Crippen LogP contribution in [-0.2, 0) is 0 Å². The van der Waals surface area contributed by atoms with Gasteiger partial charge in [0.1, 0.15) is 6.04 Å². The monoisotopic (exact) mass is 367 g/mol. The molecule has 7 nitrogen and oxygen atoms in total. The van der Waals surface area contributed by atoms with Gasteiger partial charge in [-0.3, -0.25) is 9.55 Å². The Kier molecular flexibility index (Phi) is 4.16. The Labute approximate surface area is 152 Å². The van der Waals surface area contributed by atoms with E-state index in [1.165, 1.54) is 11.3 Å². The standard InChI is InChI=1S/C16H13N7S2/c1-10(11-6-4-5-9-17-11)19-20-14-21-22-16(25-14)23-13-8-3-2-7-12(13)18-15(23)24/h2-10H,1H3,(H,18,24). The van der Waals surface area contributed by atoms with Crippen LogP contribution in [0.15, 0.2) is 58.9 Å². The maximum Gasteiger partial charge on any atom is 0.253 e. The number of rotatable bonds is 4. The van der Waals surface area contributed by atoms with Crippen molar-refractivity contribution in [1.29, 1.82) is 0 Å². The molecule has 0 saturated carbocycles. The van der Waals surface area contributed by atoms with E-state index in [4.69, 9.17) is 12.2 Å². The van der Waals surface area contributed by atoms with Crippen LogP contribution in [0.1, 0.15) is 18.7 Å². The molecule has 9 heteroatoms. The first kappa shape index (κ1) is 15.7. The number of azo groups is 1. The molecule has 0 radical (unpaired) electrons. The van der Waals surface area contributed by atoms with Gasteiger partial charge in [-0.1, -0.05) is 29.5 Å². The predicted molar refractivity (Wildman–Crippen MR) is 99.1 cm³/mol. The molecule has 0 aliphatic heterocycles. The minimum absolute atomic E-state index is 0.149. The highest BCUT2D eigenvalue weighted by Crippen LogP contribution is 2.27. The Morgan fingerprint density at radius 2 is 2.00 bits per heavy atom. The van der Waals surface area contributed by atoms with E-state index >= 15 is 0 Å². The molecule has 3 aromatic heterocycles. The molecule has 3 heterocycles. The molecule has 1 aromatic carbocycles. The normalized spacial score (nSPS) is 12.8. The quantitative estimate of drug-likeness (QED) is 0.415. The number of hydrogen-bond donors (Lipinski definition) is 1. The fraction of sp³-hybridized carbons (Fsp3) is 0.125. The van der Waals surface area contributed by atoms with Crippen LogP contribution < -0.4 is 0 Å². The molecule has 0 saturated heterocycles. The first-order chi connectivity index (χ1) is 12.2. The number of hydrogen-bond acceptors (Lipinski definition) is 7. The van der Waals surface area contributed by atoms with Crippen molar-refractivity contribution in [3.05, 3.63) is 59.1 Å². The lowest BCUT2D eigenvalue weighted by atomic mass is 10.2. The second kappa shape index (κ2) is 6.61. The van der Waals surface area contributed by atoms with Gasteiger partial charge in [-0.05, 0) is 43.4 Å². The predicted octanol–water partition coefficient (Wildman–Crippen LogP) is 4.78. The molecule has 0 amide bonds. The lowest BCUT2D eigenvalue weighted by Crippen LogP contribution is -1.92. The molecular weight excluding hydrogens is 354 g/mol. The molecule has 1 atom stereocenters. The highest BCUT2D eigenvalue weighted by Gasteiger charge is 2.12. The molecule has 25 heavy (non-hydrogen) atoms. The average molecular weight is 367 g/mol. The van der Waals surface area contributed by atoms with Gasteiger partial charge in [0, 0.05) is 6.20 Å². The molecule has 124 valence electrons. The number of imidazole rings is 1. The Hall–Kier alpha value is -2.78. The number of benzene rings is 1. The van der Waals surface area contributed by atoms with E-state index in [0.717, 1.165) is 16.7 Å². The summed E-state index contributed by atoms with van der Waals surface area (Å²) >= 11 is 6.73. The van der Waals surface area contributed by atoms with Gasteiger partial charge < -0.3 is 4.98 Å². The number of nitrogens with one attached hydrogen (secondary N) is 1. The third-order valence-corrected chi connectivity index (χ3v) is 4.69. The van der Waals surface area contributed by atoms with Crippen LogP contribution in [0.3, 0.4) is 0 Å².